The largest absolute Gasteiger partial charge is 0.463 e. The molecule has 0 radical (unpaired) electrons. The van der Waals surface area contributed by atoms with Crippen LogP contribution in [0.4, 0.5) is 0 Å². The number of hydrogen-bond acceptors (Lipinski definition) is 5. The van der Waals surface area contributed by atoms with Crippen LogP contribution >= 0.6 is 0 Å². The minimum atomic E-state index is 0.0343. The summed E-state index contributed by atoms with van der Waals surface area (Å²) in [4.78, 5) is 16.3. The van der Waals surface area contributed by atoms with Crippen LogP contribution in [0.15, 0.2) is 58.2 Å². The molecule has 1 saturated heterocycles. The van der Waals surface area contributed by atoms with E-state index in [1.165, 1.54) is 36.8 Å². The fourth-order valence-corrected chi connectivity index (χ4v) is 6.00. The highest BCUT2D eigenvalue weighted by molar-refractivity contribution is 5.84. The van der Waals surface area contributed by atoms with Gasteiger partial charge in [-0.2, -0.15) is 0 Å². The van der Waals surface area contributed by atoms with Crippen molar-refractivity contribution in [3.63, 3.8) is 0 Å². The summed E-state index contributed by atoms with van der Waals surface area (Å²) in [7, 11) is 2.00. The lowest BCUT2D eigenvalue weighted by Gasteiger charge is -2.30. The van der Waals surface area contributed by atoms with Crippen LogP contribution < -0.4 is 5.43 Å². The molecule has 1 aliphatic carbocycles. The van der Waals surface area contributed by atoms with E-state index in [-0.39, 0.29) is 11.3 Å². The highest BCUT2D eigenvalue weighted by Gasteiger charge is 2.36. The van der Waals surface area contributed by atoms with E-state index in [4.69, 9.17) is 4.42 Å². The summed E-state index contributed by atoms with van der Waals surface area (Å²) in [5, 5.41) is 9.20. The second kappa shape index (κ2) is 9.32. The molecule has 2 aliphatic rings. The first-order chi connectivity index (χ1) is 17.5. The topological polar surface area (TPSA) is 64.2 Å². The first kappa shape index (κ1) is 23.2. The zero-order chi connectivity index (χ0) is 24.8. The van der Waals surface area contributed by atoms with Gasteiger partial charge in [0.1, 0.15) is 24.0 Å². The van der Waals surface area contributed by atoms with Crippen molar-refractivity contribution in [1.82, 2.24) is 19.7 Å². The average Bonchev–Trinajstić information content (AvgIpc) is 3.61. The van der Waals surface area contributed by atoms with Crippen LogP contribution in [0.1, 0.15) is 61.0 Å². The van der Waals surface area contributed by atoms with Gasteiger partial charge < -0.3 is 8.98 Å². The number of nitrogens with zero attached hydrogens (tertiary/aromatic N) is 4. The lowest BCUT2D eigenvalue weighted by molar-refractivity contribution is 0.176. The second-order valence-corrected chi connectivity index (χ2v) is 11.0. The normalized spacial score (nSPS) is 19.6. The Hall–Kier alpha value is -3.25. The van der Waals surface area contributed by atoms with Crippen molar-refractivity contribution < 1.29 is 4.42 Å². The van der Waals surface area contributed by atoms with Crippen molar-refractivity contribution in [3.05, 3.63) is 81.7 Å². The molecule has 2 aromatic carbocycles. The summed E-state index contributed by atoms with van der Waals surface area (Å²) >= 11 is 0. The van der Waals surface area contributed by atoms with E-state index in [1.807, 2.05) is 36.7 Å². The maximum Gasteiger partial charge on any atom is 0.200 e. The van der Waals surface area contributed by atoms with Gasteiger partial charge in [0.2, 0.25) is 5.43 Å². The highest BCUT2D eigenvalue weighted by atomic mass is 16.3. The molecule has 2 fully saturated rings. The predicted octanol–water partition coefficient (Wildman–Crippen LogP) is 5.67. The van der Waals surface area contributed by atoms with Crippen LogP contribution in [0.2, 0.25) is 0 Å². The predicted molar refractivity (Wildman–Crippen MR) is 142 cm³/mol. The Morgan fingerprint density at radius 2 is 2.03 bits per heavy atom. The molecule has 0 spiro atoms. The summed E-state index contributed by atoms with van der Waals surface area (Å²) in [5.74, 6) is 2.46. The fourth-order valence-electron chi connectivity index (χ4n) is 6.00. The Kier molecular flexibility index (Phi) is 6.00. The van der Waals surface area contributed by atoms with Gasteiger partial charge in [-0.15, -0.1) is 10.2 Å². The zero-order valence-electron chi connectivity index (χ0n) is 21.4. The Labute approximate surface area is 212 Å². The zero-order valence-corrected chi connectivity index (χ0v) is 21.4. The van der Waals surface area contributed by atoms with Crippen LogP contribution in [-0.2, 0) is 13.6 Å². The summed E-state index contributed by atoms with van der Waals surface area (Å²) in [5.41, 5.74) is 5.60. The van der Waals surface area contributed by atoms with E-state index >= 15 is 0 Å². The van der Waals surface area contributed by atoms with Gasteiger partial charge in [-0.3, -0.25) is 9.69 Å². The molecular formula is C30H34N4O2. The van der Waals surface area contributed by atoms with Crippen molar-refractivity contribution in [2.45, 2.75) is 52.0 Å². The molecule has 4 aromatic rings. The number of hydrogen-bond donors (Lipinski definition) is 0. The molecule has 0 amide bonds. The summed E-state index contributed by atoms with van der Waals surface area (Å²) in [6.07, 6.45) is 8.33. The van der Waals surface area contributed by atoms with Gasteiger partial charge in [0.25, 0.3) is 0 Å². The van der Waals surface area contributed by atoms with Gasteiger partial charge in [0.05, 0.1) is 10.9 Å². The molecule has 2 unspecified atom stereocenters. The Balaban J connectivity index is 1.38. The van der Waals surface area contributed by atoms with Crippen molar-refractivity contribution in [2.75, 3.05) is 13.1 Å². The van der Waals surface area contributed by atoms with Crippen LogP contribution in [0.25, 0.3) is 22.1 Å². The summed E-state index contributed by atoms with van der Waals surface area (Å²) in [6.45, 7) is 7.48. The standard InChI is InChI=1S/C30H34N4O2/c1-19-6-5-11-34(15-19)16-21-12-20(2)29-25(13-21)28(35)26(17-36-29)23-7-4-8-24(14-23)27(22-9-10-22)30-32-31-18-33(30)3/h4,7-8,12-14,17-19,22,27H,5-6,9-11,15-16H2,1-3H3. The molecule has 6 rings (SSSR count). The molecule has 0 bridgehead atoms. The first-order valence-corrected chi connectivity index (χ1v) is 13.2. The molecule has 1 aliphatic heterocycles. The van der Waals surface area contributed by atoms with Gasteiger partial charge in [0, 0.05) is 26.1 Å². The third-order valence-corrected chi connectivity index (χ3v) is 7.94. The number of likely N-dealkylation sites (tertiary alicyclic amines) is 1. The van der Waals surface area contributed by atoms with E-state index in [2.05, 4.69) is 40.2 Å². The molecule has 36 heavy (non-hydrogen) atoms. The van der Waals surface area contributed by atoms with Crippen molar-refractivity contribution in [2.24, 2.45) is 18.9 Å². The van der Waals surface area contributed by atoms with Gasteiger partial charge in [-0.05, 0) is 79.3 Å². The number of piperidine rings is 1. The maximum absolute atomic E-state index is 13.8. The van der Waals surface area contributed by atoms with Crippen molar-refractivity contribution >= 4 is 11.0 Å². The second-order valence-electron chi connectivity index (χ2n) is 11.0. The molecule has 0 N–H and O–H groups in total. The minimum Gasteiger partial charge on any atom is -0.463 e. The van der Waals surface area contributed by atoms with Crippen LogP contribution in [0.3, 0.4) is 0 Å². The smallest absolute Gasteiger partial charge is 0.200 e. The van der Waals surface area contributed by atoms with E-state index in [1.54, 1.807) is 12.6 Å². The lowest BCUT2D eigenvalue weighted by Crippen LogP contribution is -2.33. The number of fused-ring (bicyclic) bond motifs is 1. The van der Waals surface area contributed by atoms with Crippen molar-refractivity contribution in [3.8, 4) is 11.1 Å². The third-order valence-electron chi connectivity index (χ3n) is 7.94. The average molecular weight is 483 g/mol. The summed E-state index contributed by atoms with van der Waals surface area (Å²) in [6, 6.07) is 12.6. The monoisotopic (exact) mass is 482 g/mol. The number of benzene rings is 2. The van der Waals surface area contributed by atoms with Gasteiger partial charge in [0.15, 0.2) is 0 Å². The van der Waals surface area contributed by atoms with E-state index in [9.17, 15) is 4.79 Å². The Bertz CT molecular complexity index is 1470. The first-order valence-electron chi connectivity index (χ1n) is 13.2. The Morgan fingerprint density at radius 3 is 2.78 bits per heavy atom. The maximum atomic E-state index is 13.8. The molecule has 186 valence electrons. The van der Waals surface area contributed by atoms with Gasteiger partial charge >= 0.3 is 0 Å². The fraction of sp³-hybridized carbons (Fsp3) is 0.433. The van der Waals surface area contributed by atoms with E-state index in [0.29, 0.717) is 22.5 Å². The Morgan fingerprint density at radius 1 is 1.17 bits per heavy atom. The van der Waals surface area contributed by atoms with Crippen LogP contribution in [0, 0.1) is 18.8 Å². The third kappa shape index (κ3) is 4.39. The lowest BCUT2D eigenvalue weighted by atomic mass is 9.90. The molecule has 6 nitrogen and oxygen atoms in total. The SMILES string of the molecule is Cc1cc(CN2CCCC(C)C2)cc2c(=O)c(-c3cccc(C(c4nncn4C)C4CC4)c3)coc12. The number of rotatable bonds is 6. The molecule has 3 heterocycles. The molecular weight excluding hydrogens is 448 g/mol. The van der Waals surface area contributed by atoms with Gasteiger partial charge in [-0.1, -0.05) is 37.3 Å². The molecule has 2 aromatic heterocycles. The minimum absolute atomic E-state index is 0.0343. The molecule has 6 heteroatoms. The van der Waals surface area contributed by atoms with Crippen LogP contribution in [-0.4, -0.2) is 32.8 Å². The van der Waals surface area contributed by atoms with Crippen LogP contribution in [0.5, 0.6) is 0 Å². The van der Waals surface area contributed by atoms with Gasteiger partial charge in [-0.25, -0.2) is 0 Å². The highest BCUT2D eigenvalue weighted by Crippen LogP contribution is 2.46. The van der Waals surface area contributed by atoms with Crippen molar-refractivity contribution in [1.29, 1.82) is 0 Å². The van der Waals surface area contributed by atoms with E-state index < -0.39 is 0 Å². The number of aryl methyl sites for hydroxylation is 2. The molecule has 2 atom stereocenters. The molecule has 1 saturated carbocycles. The quantitative estimate of drug-likeness (QED) is 0.354. The summed E-state index contributed by atoms with van der Waals surface area (Å²) < 4.78 is 8.09. The van der Waals surface area contributed by atoms with E-state index in [0.717, 1.165) is 42.5 Å². The number of aromatic nitrogens is 3.